The number of amides is 1. The van der Waals surface area contributed by atoms with Gasteiger partial charge in [-0.25, -0.2) is 23.5 Å². The molecule has 1 amide bonds. The van der Waals surface area contributed by atoms with Crippen molar-refractivity contribution >= 4 is 18.1 Å². The number of hydrogen-bond acceptors (Lipinski definition) is 10. The fraction of sp³-hybridized carbons (Fsp3) is 0.606. The molecule has 0 spiro atoms. The van der Waals surface area contributed by atoms with Crippen LogP contribution in [0.4, 0.5) is 25.5 Å². The second-order valence-electron chi connectivity index (χ2n) is 13.7. The van der Waals surface area contributed by atoms with Crippen LogP contribution in [0.5, 0.6) is 5.75 Å². The number of rotatable bonds is 10. The zero-order chi connectivity index (χ0) is 33.0. The van der Waals surface area contributed by atoms with Crippen molar-refractivity contribution in [2.45, 2.75) is 84.3 Å². The molecule has 1 N–H and O–H groups in total. The molecule has 2 aliphatic heterocycles. The molecule has 0 unspecified atom stereocenters. The minimum atomic E-state index is -0.693. The molecule has 2 aliphatic rings. The maximum Gasteiger partial charge on any atom is 0.407 e. The molecule has 1 aromatic carbocycles. The number of carbonyl (C=O) groups excluding carboxylic acids is 1. The molecular formula is C33H45F2N7O4. The van der Waals surface area contributed by atoms with E-state index in [-0.39, 0.29) is 5.92 Å². The number of alkyl carbamates (subject to hydrolysis) is 1. The molecule has 46 heavy (non-hydrogen) atoms. The van der Waals surface area contributed by atoms with Crippen LogP contribution >= 0.6 is 0 Å². The van der Waals surface area contributed by atoms with Crippen molar-refractivity contribution in [2.24, 2.45) is 11.8 Å². The van der Waals surface area contributed by atoms with Crippen molar-refractivity contribution in [1.82, 2.24) is 25.4 Å². The normalized spacial score (nSPS) is 19.8. The van der Waals surface area contributed by atoms with Gasteiger partial charge >= 0.3 is 12.1 Å². The Labute approximate surface area is 269 Å². The summed E-state index contributed by atoms with van der Waals surface area (Å²) in [4.78, 5) is 30.2. The zero-order valence-corrected chi connectivity index (χ0v) is 27.5. The Kier molecular flexibility index (Phi) is 10.3. The third-order valence-corrected chi connectivity index (χ3v) is 8.69. The van der Waals surface area contributed by atoms with E-state index in [4.69, 9.17) is 14.0 Å². The van der Waals surface area contributed by atoms with Crippen LogP contribution in [0.3, 0.4) is 0 Å². The lowest BCUT2D eigenvalue weighted by atomic mass is 9.84. The van der Waals surface area contributed by atoms with Crippen LogP contribution in [-0.4, -0.2) is 70.6 Å². The minimum absolute atomic E-state index is 0.239. The van der Waals surface area contributed by atoms with Crippen LogP contribution in [-0.2, 0) is 4.74 Å². The van der Waals surface area contributed by atoms with Gasteiger partial charge in [0, 0.05) is 44.1 Å². The van der Waals surface area contributed by atoms with Gasteiger partial charge in [-0.05, 0) is 63.5 Å². The molecule has 4 heterocycles. The molecule has 0 radical (unpaired) electrons. The van der Waals surface area contributed by atoms with E-state index >= 15 is 0 Å². The quantitative estimate of drug-likeness (QED) is 0.279. The summed E-state index contributed by atoms with van der Waals surface area (Å²) in [5, 5.41) is 6.95. The number of halogens is 2. The van der Waals surface area contributed by atoms with Gasteiger partial charge in [-0.1, -0.05) is 32.0 Å². The van der Waals surface area contributed by atoms with Gasteiger partial charge in [-0.3, -0.25) is 0 Å². The Morgan fingerprint density at radius 2 is 1.80 bits per heavy atom. The molecule has 3 aromatic rings. The van der Waals surface area contributed by atoms with E-state index in [1.165, 1.54) is 12.1 Å². The van der Waals surface area contributed by atoms with Gasteiger partial charge < -0.3 is 29.1 Å². The molecular weight excluding hydrogens is 596 g/mol. The lowest BCUT2D eigenvalue weighted by molar-refractivity contribution is 0.0504. The topological polar surface area (TPSA) is 119 Å². The summed E-state index contributed by atoms with van der Waals surface area (Å²) in [6.45, 7) is 14.7. The van der Waals surface area contributed by atoms with Gasteiger partial charge in [0.1, 0.15) is 17.2 Å². The predicted molar refractivity (Wildman–Crippen MR) is 169 cm³/mol. The fourth-order valence-electron chi connectivity index (χ4n) is 6.08. The Morgan fingerprint density at radius 3 is 2.43 bits per heavy atom. The lowest BCUT2D eigenvalue weighted by Gasteiger charge is -2.33. The molecule has 0 aliphatic carbocycles. The SMILES string of the molecule is CC(C)c1noc(N2CCC([C@H](C)CCOc3cnc(N4C[C@H](NC(=O)OC(C)(C)C)[C@@H](c5ccc(F)cc5F)C4)nc3)CC2)n1. The second-order valence-corrected chi connectivity index (χ2v) is 13.7. The van der Waals surface area contributed by atoms with E-state index in [1.54, 1.807) is 33.2 Å². The molecule has 3 atom stereocenters. The standard InChI is InChI=1S/C33H45F2N7O4/c1-20(2)29-39-31(46-40-29)41-12-9-22(10-13-41)21(3)11-14-44-24-16-36-30(37-17-24)42-18-26(25-8-7-23(34)15-27(25)35)28(19-42)38-32(43)45-33(4,5)6/h7-8,15-17,20-22,26,28H,9-14,18-19H2,1-6H3,(H,38,43)/t21-,26-,28+/m1/s1. The maximum atomic E-state index is 14.8. The number of carbonyl (C=O) groups is 1. The Balaban J connectivity index is 1.13. The molecule has 2 fully saturated rings. The monoisotopic (exact) mass is 641 g/mol. The number of benzene rings is 1. The first-order valence-electron chi connectivity index (χ1n) is 16.1. The van der Waals surface area contributed by atoms with E-state index < -0.39 is 35.3 Å². The summed E-state index contributed by atoms with van der Waals surface area (Å²) in [7, 11) is 0. The first kappa shape index (κ1) is 33.3. The van der Waals surface area contributed by atoms with Gasteiger partial charge in [-0.2, -0.15) is 4.98 Å². The third kappa shape index (κ3) is 8.41. The van der Waals surface area contributed by atoms with Gasteiger partial charge in [0.25, 0.3) is 0 Å². The van der Waals surface area contributed by atoms with Gasteiger partial charge in [0.15, 0.2) is 11.6 Å². The van der Waals surface area contributed by atoms with E-state index in [1.807, 2.05) is 4.90 Å². The average molecular weight is 642 g/mol. The first-order chi connectivity index (χ1) is 21.9. The van der Waals surface area contributed by atoms with Crippen LogP contribution in [0.2, 0.25) is 0 Å². The number of nitrogens with one attached hydrogen (secondary N) is 1. The van der Waals surface area contributed by atoms with E-state index in [9.17, 15) is 13.6 Å². The highest BCUT2D eigenvalue weighted by atomic mass is 19.1. The Bertz CT molecular complexity index is 1450. The summed E-state index contributed by atoms with van der Waals surface area (Å²) >= 11 is 0. The molecule has 11 nitrogen and oxygen atoms in total. The van der Waals surface area contributed by atoms with Crippen LogP contribution in [0.1, 0.15) is 84.0 Å². The first-order valence-corrected chi connectivity index (χ1v) is 16.1. The second kappa shape index (κ2) is 14.2. The van der Waals surface area contributed by atoms with Crippen molar-refractivity contribution in [1.29, 1.82) is 0 Å². The van der Waals surface area contributed by atoms with Crippen LogP contribution < -0.4 is 19.9 Å². The van der Waals surface area contributed by atoms with Crippen molar-refractivity contribution in [3.63, 3.8) is 0 Å². The Hall–Kier alpha value is -4.03. The van der Waals surface area contributed by atoms with Crippen LogP contribution in [0, 0.1) is 23.5 Å². The van der Waals surface area contributed by atoms with E-state index in [0.717, 1.165) is 44.2 Å². The van der Waals surface area contributed by atoms with E-state index in [2.05, 4.69) is 51.1 Å². The number of aromatic nitrogens is 4. The largest absolute Gasteiger partial charge is 0.490 e. The molecule has 2 aromatic heterocycles. The van der Waals surface area contributed by atoms with Crippen LogP contribution in [0.25, 0.3) is 0 Å². The van der Waals surface area contributed by atoms with Crippen molar-refractivity contribution in [2.75, 3.05) is 42.6 Å². The number of hydrogen-bond donors (Lipinski definition) is 1. The van der Waals surface area contributed by atoms with Gasteiger partial charge in [0.2, 0.25) is 5.95 Å². The molecule has 13 heteroatoms. The summed E-state index contributed by atoms with van der Waals surface area (Å²) in [5.74, 6) is 1.24. The minimum Gasteiger partial charge on any atom is -0.490 e. The zero-order valence-electron chi connectivity index (χ0n) is 27.5. The average Bonchev–Trinajstić information content (AvgIpc) is 3.65. The summed E-state index contributed by atoms with van der Waals surface area (Å²) < 4.78 is 45.4. The highest BCUT2D eigenvalue weighted by Gasteiger charge is 2.38. The number of piperidine rings is 1. The number of ether oxygens (including phenoxy) is 2. The van der Waals surface area contributed by atoms with Crippen molar-refractivity contribution < 1.29 is 27.6 Å². The summed E-state index contributed by atoms with van der Waals surface area (Å²) in [5.41, 5.74) is -0.388. The molecule has 0 saturated carbocycles. The smallest absolute Gasteiger partial charge is 0.407 e. The number of anilines is 2. The van der Waals surface area contributed by atoms with Crippen molar-refractivity contribution in [3.05, 3.63) is 53.6 Å². The van der Waals surface area contributed by atoms with Crippen LogP contribution in [0.15, 0.2) is 35.1 Å². The van der Waals surface area contributed by atoms with Gasteiger partial charge in [-0.15, -0.1) is 0 Å². The molecule has 250 valence electrons. The van der Waals surface area contributed by atoms with Gasteiger partial charge in [0.05, 0.1) is 25.0 Å². The maximum absolute atomic E-state index is 14.8. The predicted octanol–water partition coefficient (Wildman–Crippen LogP) is 6.08. The third-order valence-electron chi connectivity index (χ3n) is 8.69. The van der Waals surface area contributed by atoms with Crippen molar-refractivity contribution in [3.8, 4) is 5.75 Å². The lowest BCUT2D eigenvalue weighted by Crippen LogP contribution is -2.43. The fourth-order valence-corrected chi connectivity index (χ4v) is 6.08. The Morgan fingerprint density at radius 1 is 1.09 bits per heavy atom. The molecule has 5 rings (SSSR count). The summed E-state index contributed by atoms with van der Waals surface area (Å²) in [6, 6.07) is 3.60. The molecule has 2 saturated heterocycles. The summed E-state index contributed by atoms with van der Waals surface area (Å²) in [6.07, 6.45) is 5.66. The molecule has 0 bridgehead atoms. The highest BCUT2D eigenvalue weighted by Crippen LogP contribution is 2.33. The number of nitrogens with zero attached hydrogens (tertiary/aromatic N) is 6. The van der Waals surface area contributed by atoms with E-state index in [0.29, 0.717) is 54.8 Å². The highest BCUT2D eigenvalue weighted by molar-refractivity contribution is 5.68.